The van der Waals surface area contributed by atoms with Crippen molar-refractivity contribution in [3.63, 3.8) is 0 Å². The van der Waals surface area contributed by atoms with Crippen molar-refractivity contribution in [3.8, 4) is 0 Å². The van der Waals surface area contributed by atoms with Crippen LogP contribution in [0.25, 0.3) is 0 Å². The Labute approximate surface area is 55.8 Å². The van der Waals surface area contributed by atoms with Crippen LogP contribution in [0.1, 0.15) is 12.8 Å². The van der Waals surface area contributed by atoms with Crippen molar-refractivity contribution in [2.45, 2.75) is 12.8 Å². The predicted molar refractivity (Wildman–Crippen MR) is 39.8 cm³/mol. The standard InChI is InChI=1S/C8H11N/c1-2-9-8-6-4-3-5-7-8/h2,4,6-7,9H,1,3,5H2. The summed E-state index contributed by atoms with van der Waals surface area (Å²) >= 11 is 0. The first-order valence-electron chi connectivity index (χ1n) is 3.17. The summed E-state index contributed by atoms with van der Waals surface area (Å²) < 4.78 is 0. The molecular formula is C8H11N. The molecule has 1 nitrogen and oxygen atoms in total. The lowest BCUT2D eigenvalue weighted by molar-refractivity contribution is 0.970. The fourth-order valence-corrected chi connectivity index (χ4v) is 0.838. The van der Waals surface area contributed by atoms with Crippen LogP contribution in [-0.2, 0) is 0 Å². The Morgan fingerprint density at radius 2 is 2.44 bits per heavy atom. The van der Waals surface area contributed by atoms with E-state index in [9.17, 15) is 0 Å². The van der Waals surface area contributed by atoms with Gasteiger partial charge in [-0.25, -0.2) is 0 Å². The third kappa shape index (κ3) is 1.76. The van der Waals surface area contributed by atoms with Gasteiger partial charge in [-0.3, -0.25) is 0 Å². The Balaban J connectivity index is 2.47. The van der Waals surface area contributed by atoms with Gasteiger partial charge in [0.1, 0.15) is 0 Å². The summed E-state index contributed by atoms with van der Waals surface area (Å²) in [5, 5.41) is 3.02. The van der Waals surface area contributed by atoms with E-state index in [1.807, 2.05) is 0 Å². The molecule has 0 aromatic rings. The Morgan fingerprint density at radius 1 is 1.56 bits per heavy atom. The van der Waals surface area contributed by atoms with Gasteiger partial charge in [0.25, 0.3) is 0 Å². The molecule has 0 unspecified atom stereocenters. The highest BCUT2D eigenvalue weighted by Gasteiger charge is 1.91. The number of nitrogens with one attached hydrogen (secondary N) is 1. The second-order valence-electron chi connectivity index (χ2n) is 1.99. The van der Waals surface area contributed by atoms with E-state index in [2.05, 4.69) is 30.1 Å². The average Bonchev–Trinajstić information content (AvgIpc) is 1.91. The molecule has 1 rings (SSSR count). The second-order valence-corrected chi connectivity index (χ2v) is 1.99. The highest BCUT2D eigenvalue weighted by Crippen LogP contribution is 2.05. The zero-order valence-electron chi connectivity index (χ0n) is 5.43. The number of allylic oxidation sites excluding steroid dienone is 3. The fourth-order valence-electron chi connectivity index (χ4n) is 0.838. The first kappa shape index (κ1) is 6.14. The summed E-state index contributed by atoms with van der Waals surface area (Å²) in [7, 11) is 0. The van der Waals surface area contributed by atoms with E-state index < -0.39 is 0 Å². The van der Waals surface area contributed by atoms with E-state index in [0.29, 0.717) is 0 Å². The van der Waals surface area contributed by atoms with Crippen LogP contribution in [-0.4, -0.2) is 0 Å². The zero-order chi connectivity index (χ0) is 6.53. The molecular weight excluding hydrogens is 110 g/mol. The van der Waals surface area contributed by atoms with E-state index in [0.717, 1.165) is 12.1 Å². The van der Waals surface area contributed by atoms with Crippen molar-refractivity contribution in [1.29, 1.82) is 0 Å². The van der Waals surface area contributed by atoms with Crippen LogP contribution in [0.15, 0.2) is 36.7 Å². The van der Waals surface area contributed by atoms with Gasteiger partial charge < -0.3 is 5.32 Å². The molecule has 0 bridgehead atoms. The molecule has 0 radical (unpaired) electrons. The molecule has 9 heavy (non-hydrogen) atoms. The summed E-state index contributed by atoms with van der Waals surface area (Å²) in [5.74, 6) is 0. The SMILES string of the molecule is C=CNC1=CCCC=C1. The third-order valence-corrected chi connectivity index (χ3v) is 1.26. The smallest absolute Gasteiger partial charge is 0.0335 e. The molecule has 1 heteroatoms. The molecule has 0 atom stereocenters. The van der Waals surface area contributed by atoms with Gasteiger partial charge in [-0.2, -0.15) is 0 Å². The van der Waals surface area contributed by atoms with Crippen LogP contribution in [0.3, 0.4) is 0 Å². The fraction of sp³-hybridized carbons (Fsp3) is 0.250. The molecule has 0 fully saturated rings. The molecule has 1 aliphatic rings. The second kappa shape index (κ2) is 3.13. The number of hydrogen-bond acceptors (Lipinski definition) is 1. The van der Waals surface area contributed by atoms with Gasteiger partial charge in [-0.05, 0) is 25.1 Å². The molecule has 48 valence electrons. The summed E-state index contributed by atoms with van der Waals surface area (Å²) in [5.41, 5.74) is 1.16. The first-order chi connectivity index (χ1) is 4.43. The summed E-state index contributed by atoms with van der Waals surface area (Å²) in [4.78, 5) is 0. The molecule has 0 saturated heterocycles. The molecule has 0 amide bonds. The predicted octanol–water partition coefficient (Wildman–Crippen LogP) is 1.95. The Bertz CT molecular complexity index is 154. The van der Waals surface area contributed by atoms with Crippen LogP contribution in [0.2, 0.25) is 0 Å². The highest BCUT2D eigenvalue weighted by molar-refractivity contribution is 5.21. The maximum atomic E-state index is 3.57. The zero-order valence-corrected chi connectivity index (χ0v) is 5.43. The molecule has 0 heterocycles. The van der Waals surface area contributed by atoms with Crippen LogP contribution in [0.4, 0.5) is 0 Å². The first-order valence-corrected chi connectivity index (χ1v) is 3.17. The van der Waals surface area contributed by atoms with Gasteiger partial charge in [0.2, 0.25) is 0 Å². The molecule has 0 saturated carbocycles. The minimum atomic E-state index is 1.15. The van der Waals surface area contributed by atoms with Crippen molar-refractivity contribution in [2.75, 3.05) is 0 Å². The molecule has 0 aromatic heterocycles. The van der Waals surface area contributed by atoms with Crippen molar-refractivity contribution in [3.05, 3.63) is 36.7 Å². The van der Waals surface area contributed by atoms with Gasteiger partial charge in [0.05, 0.1) is 0 Å². The number of rotatable bonds is 2. The Morgan fingerprint density at radius 3 is 3.00 bits per heavy atom. The van der Waals surface area contributed by atoms with Gasteiger partial charge in [0.15, 0.2) is 0 Å². The topological polar surface area (TPSA) is 12.0 Å². The van der Waals surface area contributed by atoms with E-state index in [1.54, 1.807) is 6.20 Å². The van der Waals surface area contributed by atoms with E-state index in [-0.39, 0.29) is 0 Å². The Hall–Kier alpha value is -0.980. The van der Waals surface area contributed by atoms with Gasteiger partial charge >= 0.3 is 0 Å². The Kier molecular flexibility index (Phi) is 2.13. The van der Waals surface area contributed by atoms with Crippen molar-refractivity contribution in [2.24, 2.45) is 0 Å². The lowest BCUT2D eigenvalue weighted by Crippen LogP contribution is -2.02. The van der Waals surface area contributed by atoms with Gasteiger partial charge in [0, 0.05) is 5.70 Å². The van der Waals surface area contributed by atoms with Crippen molar-refractivity contribution >= 4 is 0 Å². The average molecular weight is 121 g/mol. The van der Waals surface area contributed by atoms with E-state index >= 15 is 0 Å². The quantitative estimate of drug-likeness (QED) is 0.588. The molecule has 0 aliphatic heterocycles. The maximum absolute atomic E-state index is 3.57. The molecule has 1 aliphatic carbocycles. The molecule has 0 aromatic carbocycles. The number of hydrogen-bond donors (Lipinski definition) is 1. The summed E-state index contributed by atoms with van der Waals surface area (Å²) in [6, 6.07) is 0. The highest BCUT2D eigenvalue weighted by atomic mass is 14.8. The minimum Gasteiger partial charge on any atom is -0.363 e. The summed E-state index contributed by atoms with van der Waals surface area (Å²) in [6.07, 6.45) is 10.4. The normalized spacial score (nSPS) is 16.7. The molecule has 0 spiro atoms. The van der Waals surface area contributed by atoms with E-state index in [1.165, 1.54) is 6.42 Å². The lowest BCUT2D eigenvalue weighted by atomic mass is 10.1. The van der Waals surface area contributed by atoms with Crippen LogP contribution in [0, 0.1) is 0 Å². The monoisotopic (exact) mass is 121 g/mol. The maximum Gasteiger partial charge on any atom is 0.0335 e. The van der Waals surface area contributed by atoms with Crippen LogP contribution in [0.5, 0.6) is 0 Å². The van der Waals surface area contributed by atoms with Crippen LogP contribution >= 0.6 is 0 Å². The van der Waals surface area contributed by atoms with Gasteiger partial charge in [-0.1, -0.05) is 18.7 Å². The van der Waals surface area contributed by atoms with Crippen molar-refractivity contribution in [1.82, 2.24) is 5.32 Å². The third-order valence-electron chi connectivity index (χ3n) is 1.26. The molecule has 1 N–H and O–H groups in total. The lowest BCUT2D eigenvalue weighted by Gasteiger charge is -2.04. The van der Waals surface area contributed by atoms with Gasteiger partial charge in [-0.15, -0.1) is 0 Å². The largest absolute Gasteiger partial charge is 0.363 e. The van der Waals surface area contributed by atoms with Crippen molar-refractivity contribution < 1.29 is 0 Å². The summed E-state index contributed by atoms with van der Waals surface area (Å²) in [6.45, 7) is 3.57. The van der Waals surface area contributed by atoms with E-state index in [4.69, 9.17) is 0 Å². The minimum absolute atomic E-state index is 1.15. The van der Waals surface area contributed by atoms with Crippen LogP contribution < -0.4 is 5.32 Å².